The summed E-state index contributed by atoms with van der Waals surface area (Å²) in [6, 6.07) is 12.3. The number of pyridine rings is 1. The van der Waals surface area contributed by atoms with Crippen LogP contribution in [0.1, 0.15) is 11.4 Å². The van der Waals surface area contributed by atoms with Crippen LogP contribution in [0.3, 0.4) is 0 Å². The van der Waals surface area contributed by atoms with Crippen LogP contribution in [-0.2, 0) is 10.0 Å². The summed E-state index contributed by atoms with van der Waals surface area (Å²) in [5.74, 6) is 0.0261. The fraction of sp³-hybridized carbons (Fsp3) is 0.111. The third kappa shape index (κ3) is 4.45. The lowest BCUT2D eigenvalue weighted by molar-refractivity contribution is 0.256. The van der Waals surface area contributed by atoms with Gasteiger partial charge >= 0.3 is 6.03 Å². The van der Waals surface area contributed by atoms with Crippen molar-refractivity contribution in [3.05, 3.63) is 66.1 Å². The first kappa shape index (κ1) is 18.5. The van der Waals surface area contributed by atoms with Crippen molar-refractivity contribution in [1.82, 2.24) is 19.7 Å². The Balaban J connectivity index is 1.86. The van der Waals surface area contributed by atoms with E-state index in [0.717, 1.165) is 0 Å². The maximum Gasteiger partial charge on any atom is 0.335 e. The molecule has 3 aromatic rings. The van der Waals surface area contributed by atoms with E-state index in [-0.39, 0.29) is 10.8 Å². The first-order valence-electron chi connectivity index (χ1n) is 8.02. The highest BCUT2D eigenvalue weighted by molar-refractivity contribution is 7.90. The molecule has 0 unspecified atom stereocenters. The quantitative estimate of drug-likeness (QED) is 0.716. The largest absolute Gasteiger partial charge is 0.335 e. The Hall–Kier alpha value is -3.33. The van der Waals surface area contributed by atoms with E-state index in [4.69, 9.17) is 0 Å². The second-order valence-corrected chi connectivity index (χ2v) is 7.40. The number of carbonyl (C=O) groups is 1. The van der Waals surface area contributed by atoms with E-state index in [1.807, 2.05) is 4.72 Å². The van der Waals surface area contributed by atoms with Crippen LogP contribution in [0.15, 0.2) is 59.6 Å². The zero-order valence-corrected chi connectivity index (χ0v) is 15.5. The monoisotopic (exact) mass is 383 g/mol. The van der Waals surface area contributed by atoms with Gasteiger partial charge in [0.1, 0.15) is 0 Å². The van der Waals surface area contributed by atoms with E-state index in [1.165, 1.54) is 6.07 Å². The molecule has 2 N–H and O–H groups in total. The van der Waals surface area contributed by atoms with Gasteiger partial charge in [-0.15, -0.1) is 0 Å². The highest BCUT2D eigenvalue weighted by Crippen LogP contribution is 2.25. The van der Waals surface area contributed by atoms with Crippen LogP contribution in [0.5, 0.6) is 0 Å². The smallest absolute Gasteiger partial charge is 0.275 e. The van der Waals surface area contributed by atoms with Gasteiger partial charge in [0, 0.05) is 23.1 Å². The van der Waals surface area contributed by atoms with Gasteiger partial charge in [-0.05, 0) is 38.1 Å². The molecule has 0 aliphatic rings. The molecule has 1 aromatic carbocycles. The molecule has 0 atom stereocenters. The van der Waals surface area contributed by atoms with Crippen molar-refractivity contribution in [2.24, 2.45) is 0 Å². The summed E-state index contributed by atoms with van der Waals surface area (Å²) in [5, 5.41) is 2.34. The molecule has 27 heavy (non-hydrogen) atoms. The van der Waals surface area contributed by atoms with Gasteiger partial charge in [0.05, 0.1) is 10.6 Å². The van der Waals surface area contributed by atoms with Crippen LogP contribution in [0, 0.1) is 13.8 Å². The van der Waals surface area contributed by atoms with Crippen LogP contribution in [0.2, 0.25) is 0 Å². The van der Waals surface area contributed by atoms with Crippen LogP contribution in [-0.4, -0.2) is 29.4 Å². The van der Waals surface area contributed by atoms with Crippen molar-refractivity contribution in [2.45, 2.75) is 18.7 Å². The van der Waals surface area contributed by atoms with Crippen molar-refractivity contribution in [3.63, 3.8) is 0 Å². The van der Waals surface area contributed by atoms with Crippen molar-refractivity contribution in [3.8, 4) is 11.3 Å². The molecule has 0 radical (unpaired) electrons. The average Bonchev–Trinajstić information content (AvgIpc) is 2.61. The molecule has 9 heteroatoms. The number of amides is 2. The molecule has 3 rings (SSSR count). The molecule has 138 valence electrons. The van der Waals surface area contributed by atoms with Gasteiger partial charge in [-0.1, -0.05) is 24.3 Å². The summed E-state index contributed by atoms with van der Waals surface area (Å²) in [6.07, 6.45) is 1.57. The highest BCUT2D eigenvalue weighted by atomic mass is 32.2. The molecular formula is C18H17N5O3S. The molecule has 2 amide bonds. The average molecular weight is 383 g/mol. The van der Waals surface area contributed by atoms with Crippen LogP contribution in [0.25, 0.3) is 11.3 Å². The van der Waals surface area contributed by atoms with Crippen molar-refractivity contribution < 1.29 is 13.2 Å². The number of nitrogens with one attached hydrogen (secondary N) is 2. The third-order valence-corrected chi connectivity index (χ3v) is 4.94. The minimum Gasteiger partial charge on any atom is -0.275 e. The van der Waals surface area contributed by atoms with Crippen LogP contribution in [0.4, 0.5) is 10.7 Å². The summed E-state index contributed by atoms with van der Waals surface area (Å²) in [6.45, 7) is 3.50. The van der Waals surface area contributed by atoms with Gasteiger partial charge in [0.2, 0.25) is 5.95 Å². The number of aromatic nitrogens is 3. The molecule has 0 saturated heterocycles. The first-order valence-corrected chi connectivity index (χ1v) is 9.50. The SMILES string of the molecule is Cc1cc(C)nc(NC(=O)NS(=O)(=O)c2ccccc2-c2ccccn2)n1. The van der Waals surface area contributed by atoms with E-state index >= 15 is 0 Å². The molecule has 0 aliphatic carbocycles. The lowest BCUT2D eigenvalue weighted by Gasteiger charge is -2.12. The zero-order valence-electron chi connectivity index (χ0n) is 14.7. The lowest BCUT2D eigenvalue weighted by atomic mass is 10.1. The number of urea groups is 1. The fourth-order valence-corrected chi connectivity index (χ4v) is 3.65. The second kappa shape index (κ2) is 7.50. The van der Waals surface area contributed by atoms with Gasteiger partial charge in [0.25, 0.3) is 10.0 Å². The summed E-state index contributed by atoms with van der Waals surface area (Å²) < 4.78 is 27.4. The molecule has 0 saturated carbocycles. The minimum absolute atomic E-state index is 0.0261. The molecule has 2 heterocycles. The molecular weight excluding hydrogens is 366 g/mol. The van der Waals surface area contributed by atoms with Crippen molar-refractivity contribution in [2.75, 3.05) is 5.32 Å². The normalized spacial score (nSPS) is 11.0. The van der Waals surface area contributed by atoms with Crippen molar-refractivity contribution in [1.29, 1.82) is 0 Å². The maximum absolute atomic E-state index is 12.7. The molecule has 8 nitrogen and oxygen atoms in total. The van der Waals surface area contributed by atoms with Crippen molar-refractivity contribution >= 4 is 22.0 Å². The Morgan fingerprint density at radius 2 is 1.63 bits per heavy atom. The topological polar surface area (TPSA) is 114 Å². The standard InChI is InChI=1S/C18H17N5O3S/c1-12-11-13(2)21-17(20-12)22-18(24)23-27(25,26)16-9-4-3-7-14(16)15-8-5-6-10-19-15/h3-11H,1-2H3,(H2,20,21,22,23,24). The molecule has 0 aliphatic heterocycles. The predicted molar refractivity (Wildman–Crippen MR) is 101 cm³/mol. The molecule has 0 fully saturated rings. The molecule has 2 aromatic heterocycles. The van der Waals surface area contributed by atoms with Gasteiger partial charge in [-0.3, -0.25) is 10.3 Å². The Kier molecular flexibility index (Phi) is 5.13. The number of anilines is 1. The number of benzene rings is 1. The maximum atomic E-state index is 12.7. The first-order chi connectivity index (χ1) is 12.8. The summed E-state index contributed by atoms with van der Waals surface area (Å²) in [7, 11) is -4.14. The summed E-state index contributed by atoms with van der Waals surface area (Å²) >= 11 is 0. The number of sulfonamides is 1. The predicted octanol–water partition coefficient (Wildman–Crippen LogP) is 2.67. The summed E-state index contributed by atoms with van der Waals surface area (Å²) in [5.41, 5.74) is 2.18. The Labute approximate surface area is 156 Å². The van der Waals surface area contributed by atoms with Gasteiger partial charge in [-0.25, -0.2) is 27.9 Å². The van der Waals surface area contributed by atoms with E-state index in [1.54, 1.807) is 62.5 Å². The van der Waals surface area contributed by atoms with Crippen LogP contribution >= 0.6 is 0 Å². The van der Waals surface area contributed by atoms with Crippen LogP contribution < -0.4 is 10.0 Å². The van der Waals surface area contributed by atoms with E-state index in [2.05, 4.69) is 20.3 Å². The minimum atomic E-state index is -4.14. The van der Waals surface area contributed by atoms with Gasteiger partial charge < -0.3 is 0 Å². The fourth-order valence-electron chi connectivity index (χ4n) is 2.52. The Morgan fingerprint density at radius 3 is 2.30 bits per heavy atom. The Morgan fingerprint density at radius 1 is 0.963 bits per heavy atom. The number of rotatable bonds is 4. The van der Waals surface area contributed by atoms with Gasteiger partial charge in [0.15, 0.2) is 0 Å². The van der Waals surface area contributed by atoms with Gasteiger partial charge in [-0.2, -0.15) is 0 Å². The molecule has 0 spiro atoms. The third-order valence-electron chi connectivity index (χ3n) is 3.55. The Bertz CT molecular complexity index is 1060. The highest BCUT2D eigenvalue weighted by Gasteiger charge is 2.22. The number of aryl methyl sites for hydroxylation is 2. The zero-order chi connectivity index (χ0) is 19.4. The van der Waals surface area contributed by atoms with E-state index in [9.17, 15) is 13.2 Å². The summed E-state index contributed by atoms with van der Waals surface area (Å²) in [4.78, 5) is 24.4. The van der Waals surface area contributed by atoms with E-state index in [0.29, 0.717) is 22.6 Å². The molecule has 0 bridgehead atoms. The number of hydrogen-bond donors (Lipinski definition) is 2. The number of carbonyl (C=O) groups excluding carboxylic acids is 1. The lowest BCUT2D eigenvalue weighted by Crippen LogP contribution is -2.35. The number of hydrogen-bond acceptors (Lipinski definition) is 6. The van der Waals surface area contributed by atoms with E-state index < -0.39 is 16.1 Å². The number of nitrogens with zero attached hydrogens (tertiary/aromatic N) is 3. The second-order valence-electron chi connectivity index (χ2n) is 5.75.